The van der Waals surface area contributed by atoms with E-state index in [0.717, 1.165) is 61.9 Å². The van der Waals surface area contributed by atoms with Gasteiger partial charge in [-0.05, 0) is 47.5 Å². The molecule has 0 aliphatic rings. The van der Waals surface area contributed by atoms with E-state index in [9.17, 15) is 4.79 Å². The molecule has 28 heavy (non-hydrogen) atoms. The van der Waals surface area contributed by atoms with Gasteiger partial charge in [-0.3, -0.25) is 9.79 Å². The fourth-order valence-corrected chi connectivity index (χ4v) is 3.44. The standard InChI is InChI=1S/C20H36N4O2S.HI/c1-15-16(2)27-17(24-15)12-14-23-19(21-6)22-13-10-8-7-9-11-18(25)26-20(3,4)5;/h7-14H2,1-6H3,(H2,21,22,23);1H. The summed E-state index contributed by atoms with van der Waals surface area (Å²) in [7, 11) is 1.79. The molecule has 0 amide bonds. The van der Waals surface area contributed by atoms with Crippen molar-refractivity contribution in [3.8, 4) is 0 Å². The molecule has 1 aromatic rings. The Labute approximate surface area is 191 Å². The number of nitrogens with zero attached hydrogens (tertiary/aromatic N) is 2. The second-order valence-corrected chi connectivity index (χ2v) is 8.96. The van der Waals surface area contributed by atoms with Gasteiger partial charge in [0.25, 0.3) is 0 Å². The number of halogens is 1. The Morgan fingerprint density at radius 3 is 2.32 bits per heavy atom. The van der Waals surface area contributed by atoms with Crippen LogP contribution in [-0.2, 0) is 16.0 Å². The van der Waals surface area contributed by atoms with Gasteiger partial charge < -0.3 is 15.4 Å². The van der Waals surface area contributed by atoms with Gasteiger partial charge in [0.1, 0.15) is 5.60 Å². The third-order valence-corrected chi connectivity index (χ3v) is 5.08. The van der Waals surface area contributed by atoms with Gasteiger partial charge in [-0.15, -0.1) is 35.3 Å². The van der Waals surface area contributed by atoms with E-state index in [-0.39, 0.29) is 35.5 Å². The second kappa shape index (κ2) is 14.1. The molecule has 0 aliphatic heterocycles. The van der Waals surface area contributed by atoms with Crippen LogP contribution in [0, 0.1) is 13.8 Å². The number of hydrogen-bond acceptors (Lipinski definition) is 5. The molecule has 6 nitrogen and oxygen atoms in total. The van der Waals surface area contributed by atoms with E-state index in [1.54, 1.807) is 18.4 Å². The molecular formula is C20H37IN4O2S. The first-order valence-corrected chi connectivity index (χ1v) is 10.6. The number of aliphatic imine (C=N–C) groups is 1. The summed E-state index contributed by atoms with van der Waals surface area (Å²) in [5, 5.41) is 7.83. The Balaban J connectivity index is 0.00000729. The molecule has 0 saturated carbocycles. The van der Waals surface area contributed by atoms with Crippen LogP contribution in [-0.4, -0.2) is 42.7 Å². The van der Waals surface area contributed by atoms with Crippen molar-refractivity contribution in [2.24, 2.45) is 4.99 Å². The van der Waals surface area contributed by atoms with Gasteiger partial charge in [0.05, 0.1) is 10.7 Å². The fourth-order valence-electron chi connectivity index (χ4n) is 2.50. The molecular weight excluding hydrogens is 487 g/mol. The lowest BCUT2D eigenvalue weighted by molar-refractivity contribution is -0.154. The average Bonchev–Trinajstić information content (AvgIpc) is 2.88. The first kappa shape index (κ1) is 27.1. The van der Waals surface area contributed by atoms with Crippen molar-refractivity contribution in [1.29, 1.82) is 0 Å². The van der Waals surface area contributed by atoms with Crippen LogP contribution in [0.2, 0.25) is 0 Å². The second-order valence-electron chi connectivity index (χ2n) is 7.68. The maximum Gasteiger partial charge on any atom is 0.306 e. The van der Waals surface area contributed by atoms with E-state index in [4.69, 9.17) is 4.74 Å². The van der Waals surface area contributed by atoms with E-state index in [2.05, 4.69) is 34.5 Å². The van der Waals surface area contributed by atoms with E-state index in [1.165, 1.54) is 4.88 Å². The van der Waals surface area contributed by atoms with Crippen molar-refractivity contribution < 1.29 is 9.53 Å². The number of rotatable bonds is 10. The highest BCUT2D eigenvalue weighted by Crippen LogP contribution is 2.16. The van der Waals surface area contributed by atoms with Crippen LogP contribution in [0.25, 0.3) is 0 Å². The van der Waals surface area contributed by atoms with Crippen LogP contribution in [0.5, 0.6) is 0 Å². The maximum atomic E-state index is 11.6. The van der Waals surface area contributed by atoms with Crippen molar-refractivity contribution in [3.05, 3.63) is 15.6 Å². The van der Waals surface area contributed by atoms with Crippen LogP contribution in [0.15, 0.2) is 4.99 Å². The van der Waals surface area contributed by atoms with Gasteiger partial charge in [-0.1, -0.05) is 12.8 Å². The largest absolute Gasteiger partial charge is 0.460 e. The molecule has 0 spiro atoms. The number of unbranched alkanes of at least 4 members (excludes halogenated alkanes) is 3. The summed E-state index contributed by atoms with van der Waals surface area (Å²) in [6.45, 7) is 11.6. The van der Waals surface area contributed by atoms with Gasteiger partial charge in [-0.2, -0.15) is 0 Å². The molecule has 0 radical (unpaired) electrons. The Bertz CT molecular complexity index is 592. The van der Waals surface area contributed by atoms with Crippen molar-refractivity contribution in [2.45, 2.75) is 78.7 Å². The number of carbonyl (C=O) groups excluding carboxylic acids is 1. The zero-order chi connectivity index (χ0) is 20.3. The molecule has 0 bridgehead atoms. The van der Waals surface area contributed by atoms with Crippen LogP contribution >= 0.6 is 35.3 Å². The molecule has 1 heterocycles. The van der Waals surface area contributed by atoms with Crippen LogP contribution in [0.3, 0.4) is 0 Å². The number of aryl methyl sites for hydroxylation is 2. The lowest BCUT2D eigenvalue weighted by atomic mass is 10.1. The molecule has 1 rings (SSSR count). The lowest BCUT2D eigenvalue weighted by Crippen LogP contribution is -2.38. The molecule has 0 aromatic carbocycles. The third-order valence-electron chi connectivity index (χ3n) is 3.95. The minimum Gasteiger partial charge on any atom is -0.460 e. The summed E-state index contributed by atoms with van der Waals surface area (Å²) < 4.78 is 5.31. The predicted octanol–water partition coefficient (Wildman–Crippen LogP) is 4.38. The smallest absolute Gasteiger partial charge is 0.306 e. The zero-order valence-corrected chi connectivity index (χ0v) is 21.3. The number of hydrogen-bond donors (Lipinski definition) is 2. The highest BCUT2D eigenvalue weighted by Gasteiger charge is 2.15. The predicted molar refractivity (Wildman–Crippen MR) is 129 cm³/mol. The molecule has 0 saturated heterocycles. The Kier molecular flexibility index (Phi) is 13.7. The molecule has 162 valence electrons. The normalized spacial score (nSPS) is 11.7. The van der Waals surface area contributed by atoms with Crippen molar-refractivity contribution >= 4 is 47.2 Å². The number of ether oxygens (including phenoxy) is 1. The molecule has 0 unspecified atom stereocenters. The third kappa shape index (κ3) is 12.5. The first-order valence-electron chi connectivity index (χ1n) is 9.80. The van der Waals surface area contributed by atoms with Crippen molar-refractivity contribution in [1.82, 2.24) is 15.6 Å². The number of carbonyl (C=O) groups is 1. The molecule has 1 aromatic heterocycles. The lowest BCUT2D eigenvalue weighted by Gasteiger charge is -2.19. The zero-order valence-electron chi connectivity index (χ0n) is 18.2. The molecule has 2 N–H and O–H groups in total. The van der Waals surface area contributed by atoms with Gasteiger partial charge in [0.2, 0.25) is 0 Å². The van der Waals surface area contributed by atoms with Gasteiger partial charge in [0, 0.05) is 37.9 Å². The highest BCUT2D eigenvalue weighted by molar-refractivity contribution is 14.0. The number of thiazole rings is 1. The minimum atomic E-state index is -0.388. The Hall–Kier alpha value is -0.900. The maximum absolute atomic E-state index is 11.6. The number of esters is 1. The van der Waals surface area contributed by atoms with Gasteiger partial charge in [0.15, 0.2) is 5.96 Å². The minimum absolute atomic E-state index is 0. The summed E-state index contributed by atoms with van der Waals surface area (Å²) in [5.74, 6) is 0.726. The summed E-state index contributed by atoms with van der Waals surface area (Å²) >= 11 is 1.76. The molecule has 0 fully saturated rings. The van der Waals surface area contributed by atoms with E-state index in [0.29, 0.717) is 6.42 Å². The van der Waals surface area contributed by atoms with Crippen LogP contribution in [0.1, 0.15) is 68.5 Å². The average molecular weight is 525 g/mol. The Morgan fingerprint density at radius 2 is 1.75 bits per heavy atom. The Morgan fingerprint density at radius 1 is 1.11 bits per heavy atom. The van der Waals surface area contributed by atoms with Crippen LogP contribution in [0.4, 0.5) is 0 Å². The summed E-state index contributed by atoms with van der Waals surface area (Å²) in [4.78, 5) is 21.7. The molecule has 0 aliphatic carbocycles. The first-order chi connectivity index (χ1) is 12.7. The summed E-state index contributed by atoms with van der Waals surface area (Å²) in [5.41, 5.74) is 0.741. The quantitative estimate of drug-likeness (QED) is 0.156. The van der Waals surface area contributed by atoms with Gasteiger partial charge in [-0.25, -0.2) is 4.98 Å². The summed E-state index contributed by atoms with van der Waals surface area (Å²) in [6.07, 6.45) is 5.48. The topological polar surface area (TPSA) is 75.6 Å². The molecule has 8 heteroatoms. The summed E-state index contributed by atoms with van der Waals surface area (Å²) in [6, 6.07) is 0. The van der Waals surface area contributed by atoms with Crippen LogP contribution < -0.4 is 10.6 Å². The van der Waals surface area contributed by atoms with E-state index >= 15 is 0 Å². The molecule has 0 atom stereocenters. The fraction of sp³-hybridized carbons (Fsp3) is 0.750. The number of aromatic nitrogens is 1. The highest BCUT2D eigenvalue weighted by atomic mass is 127. The number of nitrogens with one attached hydrogen (secondary N) is 2. The van der Waals surface area contributed by atoms with Crippen molar-refractivity contribution in [3.63, 3.8) is 0 Å². The van der Waals surface area contributed by atoms with E-state index in [1.807, 2.05) is 20.8 Å². The number of guanidine groups is 1. The SMILES string of the molecule is CN=C(NCCCCCCC(=O)OC(C)(C)C)NCCc1nc(C)c(C)s1.I. The van der Waals surface area contributed by atoms with E-state index < -0.39 is 0 Å². The van der Waals surface area contributed by atoms with Gasteiger partial charge >= 0.3 is 5.97 Å². The van der Waals surface area contributed by atoms with Crippen molar-refractivity contribution in [2.75, 3.05) is 20.1 Å². The monoisotopic (exact) mass is 524 g/mol.